The second-order valence-electron chi connectivity index (χ2n) is 7.77. The first-order valence-electron chi connectivity index (χ1n) is 10.5. The average molecular weight is 473 g/mol. The summed E-state index contributed by atoms with van der Waals surface area (Å²) in [7, 11) is 0. The summed E-state index contributed by atoms with van der Waals surface area (Å²) in [5.74, 6) is 2.42. The lowest BCUT2D eigenvalue weighted by Gasteiger charge is -2.40. The van der Waals surface area contributed by atoms with Crippen LogP contribution in [0.25, 0.3) is 0 Å². The van der Waals surface area contributed by atoms with Crippen molar-refractivity contribution < 1.29 is 13.2 Å². The van der Waals surface area contributed by atoms with Crippen LogP contribution in [-0.4, -0.2) is 48.3 Å². The molecule has 1 aromatic carbocycles. The van der Waals surface area contributed by atoms with Crippen molar-refractivity contribution in [3.63, 3.8) is 0 Å². The van der Waals surface area contributed by atoms with E-state index in [1.165, 1.54) is 12.1 Å². The third-order valence-corrected chi connectivity index (χ3v) is 5.76. The number of anilines is 4. The van der Waals surface area contributed by atoms with E-state index in [1.807, 2.05) is 13.0 Å². The van der Waals surface area contributed by atoms with Crippen molar-refractivity contribution in [2.45, 2.75) is 19.4 Å². The maximum absolute atomic E-state index is 13.3. The Kier molecular flexibility index (Phi) is 7.37. The molecule has 2 atom stereocenters. The van der Waals surface area contributed by atoms with Crippen LogP contribution < -0.4 is 20.3 Å². The van der Waals surface area contributed by atoms with Crippen LogP contribution in [0.2, 0.25) is 0 Å². The van der Waals surface area contributed by atoms with E-state index in [2.05, 4.69) is 40.2 Å². The highest BCUT2D eigenvalue weighted by molar-refractivity contribution is 7.77. The van der Waals surface area contributed by atoms with Crippen molar-refractivity contribution in [2.24, 2.45) is 5.92 Å². The van der Waals surface area contributed by atoms with E-state index in [0.717, 1.165) is 30.9 Å². The van der Waals surface area contributed by atoms with Gasteiger partial charge in [0.15, 0.2) is 0 Å². The van der Waals surface area contributed by atoms with E-state index in [1.54, 1.807) is 30.7 Å². The van der Waals surface area contributed by atoms with Gasteiger partial charge in [-0.25, -0.2) is 18.3 Å². The first-order valence-corrected chi connectivity index (χ1v) is 11.6. The minimum absolute atomic E-state index is 0.139. The van der Waals surface area contributed by atoms with Crippen LogP contribution in [0.15, 0.2) is 48.9 Å². The van der Waals surface area contributed by atoms with Gasteiger partial charge in [-0.15, -0.1) is 0 Å². The molecule has 0 radical (unpaired) electrons. The Hall–Kier alpha value is -3.22. The maximum Gasteiger partial charge on any atom is 0.231 e. The van der Waals surface area contributed by atoms with Crippen LogP contribution in [0.1, 0.15) is 24.9 Å². The van der Waals surface area contributed by atoms with Gasteiger partial charge in [-0.05, 0) is 37.0 Å². The van der Waals surface area contributed by atoms with Gasteiger partial charge in [-0.3, -0.25) is 9.54 Å². The summed E-state index contributed by atoms with van der Waals surface area (Å²) in [6.07, 6.45) is 5.59. The lowest BCUT2D eigenvalue weighted by Crippen LogP contribution is -2.48. The number of nitrogens with one attached hydrogen (secondary N) is 3. The highest BCUT2D eigenvalue weighted by atomic mass is 32.2. The van der Waals surface area contributed by atoms with Gasteiger partial charge in [-0.2, -0.15) is 9.97 Å². The van der Waals surface area contributed by atoms with Gasteiger partial charge in [-0.1, -0.05) is 12.1 Å². The molecule has 10 nitrogen and oxygen atoms in total. The Bertz CT molecular complexity index is 1080. The molecule has 3 aromatic rings. The fraction of sp³-hybridized carbons (Fsp3) is 0.333. The SMILES string of the molecule is CC(Nc1nc(Nc2cnccn2)cc(N2CC(CCNS(=O)O)C2)n1)c1ccc(F)cc1. The predicted molar refractivity (Wildman–Crippen MR) is 125 cm³/mol. The molecule has 174 valence electrons. The first-order chi connectivity index (χ1) is 16.0. The lowest BCUT2D eigenvalue weighted by atomic mass is 9.96. The molecule has 3 heterocycles. The second kappa shape index (κ2) is 10.6. The van der Waals surface area contributed by atoms with Crippen LogP contribution in [0.5, 0.6) is 0 Å². The molecule has 2 unspecified atom stereocenters. The lowest BCUT2D eigenvalue weighted by molar-refractivity contribution is 0.381. The number of hydrogen-bond acceptors (Lipinski definition) is 8. The molecule has 0 aliphatic carbocycles. The van der Waals surface area contributed by atoms with Crippen LogP contribution in [-0.2, 0) is 11.3 Å². The van der Waals surface area contributed by atoms with Crippen molar-refractivity contribution in [3.8, 4) is 0 Å². The standard InChI is InChI=1S/C21H25FN8O2S/c1-14(16-2-4-17(22)5-3-16)26-21-28-18(27-19-11-23-8-9-24-19)10-20(29-21)30-12-15(13-30)6-7-25-33(31)32/h2-5,8-11,14-15,25H,6-7,12-13H2,1H3,(H,31,32)(H2,24,26,27,28,29). The molecule has 0 amide bonds. The van der Waals surface area contributed by atoms with Crippen molar-refractivity contribution in [1.29, 1.82) is 0 Å². The summed E-state index contributed by atoms with van der Waals surface area (Å²) < 4.78 is 35.3. The minimum atomic E-state index is -1.99. The van der Waals surface area contributed by atoms with E-state index >= 15 is 0 Å². The number of nitrogens with zero attached hydrogens (tertiary/aromatic N) is 5. The third-order valence-electron chi connectivity index (χ3n) is 5.31. The molecular weight excluding hydrogens is 447 g/mol. The fourth-order valence-corrected chi connectivity index (χ4v) is 3.83. The molecule has 2 aromatic heterocycles. The number of hydrogen-bond donors (Lipinski definition) is 4. The van der Waals surface area contributed by atoms with Crippen LogP contribution >= 0.6 is 0 Å². The zero-order valence-electron chi connectivity index (χ0n) is 18.0. The van der Waals surface area contributed by atoms with Gasteiger partial charge in [0.2, 0.25) is 17.2 Å². The molecule has 1 aliphatic rings. The minimum Gasteiger partial charge on any atom is -0.356 e. The molecule has 4 rings (SSSR count). The largest absolute Gasteiger partial charge is 0.356 e. The molecule has 0 saturated carbocycles. The summed E-state index contributed by atoms with van der Waals surface area (Å²) >= 11 is -1.99. The Labute approximate surface area is 193 Å². The Morgan fingerprint density at radius 1 is 1.21 bits per heavy atom. The van der Waals surface area contributed by atoms with E-state index in [9.17, 15) is 8.60 Å². The molecule has 0 spiro atoms. The summed E-state index contributed by atoms with van der Waals surface area (Å²) in [4.78, 5) is 19.7. The Morgan fingerprint density at radius 3 is 2.70 bits per heavy atom. The van der Waals surface area contributed by atoms with E-state index < -0.39 is 11.3 Å². The molecular formula is C21H25FN8O2S. The number of halogens is 1. The van der Waals surface area contributed by atoms with Crippen LogP contribution in [0, 0.1) is 11.7 Å². The molecule has 1 saturated heterocycles. The monoisotopic (exact) mass is 472 g/mol. The second-order valence-corrected chi connectivity index (χ2v) is 8.56. The van der Waals surface area contributed by atoms with E-state index in [0.29, 0.717) is 30.0 Å². The zero-order valence-corrected chi connectivity index (χ0v) is 18.8. The van der Waals surface area contributed by atoms with Crippen molar-refractivity contribution in [2.75, 3.05) is 35.2 Å². The van der Waals surface area contributed by atoms with Gasteiger partial charge in [0, 0.05) is 38.1 Å². The van der Waals surface area contributed by atoms with E-state index in [4.69, 9.17) is 4.55 Å². The quantitative estimate of drug-likeness (QED) is 0.329. The summed E-state index contributed by atoms with van der Waals surface area (Å²) in [6.45, 7) is 4.01. The molecule has 12 heteroatoms. The Balaban J connectivity index is 1.49. The van der Waals surface area contributed by atoms with Gasteiger partial charge < -0.3 is 15.5 Å². The van der Waals surface area contributed by atoms with Gasteiger partial charge in [0.05, 0.1) is 12.2 Å². The Morgan fingerprint density at radius 2 is 2.00 bits per heavy atom. The number of benzene rings is 1. The molecule has 0 bridgehead atoms. The number of aromatic nitrogens is 4. The molecule has 1 aliphatic heterocycles. The third kappa shape index (κ3) is 6.40. The van der Waals surface area contributed by atoms with E-state index in [-0.39, 0.29) is 11.9 Å². The normalized spacial score (nSPS) is 15.5. The summed E-state index contributed by atoms with van der Waals surface area (Å²) in [6, 6.07) is 8.01. The van der Waals surface area contributed by atoms with Gasteiger partial charge in [0.1, 0.15) is 23.3 Å². The molecule has 4 N–H and O–H groups in total. The molecule has 1 fully saturated rings. The summed E-state index contributed by atoms with van der Waals surface area (Å²) in [5, 5.41) is 6.44. The number of rotatable bonds is 10. The molecule has 33 heavy (non-hydrogen) atoms. The van der Waals surface area contributed by atoms with Crippen molar-refractivity contribution in [3.05, 3.63) is 60.3 Å². The van der Waals surface area contributed by atoms with Crippen LogP contribution in [0.3, 0.4) is 0 Å². The highest BCUT2D eigenvalue weighted by Crippen LogP contribution is 2.29. The smallest absolute Gasteiger partial charge is 0.231 e. The predicted octanol–water partition coefficient (Wildman–Crippen LogP) is 2.88. The maximum atomic E-state index is 13.3. The van der Waals surface area contributed by atoms with Crippen molar-refractivity contribution >= 4 is 34.7 Å². The van der Waals surface area contributed by atoms with Gasteiger partial charge >= 0.3 is 0 Å². The summed E-state index contributed by atoms with van der Waals surface area (Å²) in [5.41, 5.74) is 0.909. The van der Waals surface area contributed by atoms with Gasteiger partial charge in [0.25, 0.3) is 0 Å². The average Bonchev–Trinajstić information content (AvgIpc) is 2.76. The first kappa shape index (κ1) is 23.0. The van der Waals surface area contributed by atoms with Crippen LogP contribution in [0.4, 0.5) is 27.8 Å². The topological polar surface area (TPSA) is 128 Å². The fourth-order valence-electron chi connectivity index (χ4n) is 3.54. The zero-order chi connectivity index (χ0) is 23.2. The highest BCUT2D eigenvalue weighted by Gasteiger charge is 2.28. The van der Waals surface area contributed by atoms with Crippen molar-refractivity contribution in [1.82, 2.24) is 24.7 Å².